The number of hydrogen-bond acceptors (Lipinski definition) is 7. The highest BCUT2D eigenvalue weighted by Crippen LogP contribution is 2.05. The molecule has 0 aromatic heterocycles. The summed E-state index contributed by atoms with van der Waals surface area (Å²) in [5, 5.41) is 24.1. The first-order valence-corrected chi connectivity index (χ1v) is 8.08. The fourth-order valence-electron chi connectivity index (χ4n) is 1.93. The molecule has 0 heterocycles. The summed E-state index contributed by atoms with van der Waals surface area (Å²) in [6.45, 7) is 1.73. The van der Waals surface area contributed by atoms with E-state index in [9.17, 15) is 24.3 Å². The van der Waals surface area contributed by atoms with Gasteiger partial charge in [-0.2, -0.15) is 0 Å². The molecule has 0 aliphatic rings. The van der Waals surface area contributed by atoms with Gasteiger partial charge in [0.05, 0.1) is 12.1 Å². The number of carboxylic acid groups (broad SMARTS) is 1. The third kappa shape index (κ3) is 9.75. The van der Waals surface area contributed by atoms with Gasteiger partial charge in [-0.1, -0.05) is 0 Å². The van der Waals surface area contributed by atoms with Crippen LogP contribution in [0, 0.1) is 0 Å². The molecule has 25 heavy (non-hydrogen) atoms. The molecule has 1 radical (unpaired) electrons. The molecule has 0 aromatic carbocycles. The number of aldehydes is 1. The standard InChI is InChI=1S/C15H27N4O6/c1-9(21)12(8-20)19-15(25)11(4-2-3-7-16)18-14(24)10(17)5-6-13(22)23/h8-12,21H,2-7,16-17H2,1H3,(H,18,24)(H,22,23)/t9-,10-,11+,12-/m1/s1. The monoisotopic (exact) mass is 359 g/mol. The van der Waals surface area contributed by atoms with Crippen LogP contribution in [0.3, 0.4) is 0 Å². The Morgan fingerprint density at radius 1 is 1.24 bits per heavy atom. The van der Waals surface area contributed by atoms with Crippen LogP contribution in [0.25, 0.3) is 0 Å². The third-order valence-electron chi connectivity index (χ3n) is 3.48. The second kappa shape index (κ2) is 12.3. The Kier molecular flexibility index (Phi) is 11.3. The van der Waals surface area contributed by atoms with Gasteiger partial charge in [0, 0.05) is 6.42 Å². The average Bonchev–Trinajstić information content (AvgIpc) is 2.55. The summed E-state index contributed by atoms with van der Waals surface area (Å²) in [4.78, 5) is 45.6. The van der Waals surface area contributed by atoms with E-state index in [0.717, 1.165) is 0 Å². The highest BCUT2D eigenvalue weighted by molar-refractivity contribution is 5.90. The summed E-state index contributed by atoms with van der Waals surface area (Å²) in [5.41, 5.74) is 11.0. The third-order valence-corrected chi connectivity index (χ3v) is 3.48. The van der Waals surface area contributed by atoms with Crippen LogP contribution in [0.2, 0.25) is 0 Å². The lowest BCUT2D eigenvalue weighted by Gasteiger charge is -2.21. The molecule has 0 aliphatic heterocycles. The average molecular weight is 359 g/mol. The van der Waals surface area contributed by atoms with E-state index in [1.807, 2.05) is 0 Å². The second-order valence-corrected chi connectivity index (χ2v) is 5.72. The molecule has 0 rings (SSSR count). The van der Waals surface area contributed by atoms with Gasteiger partial charge in [-0.05, 0) is 39.2 Å². The number of carbonyl (C=O) groups is 4. The van der Waals surface area contributed by atoms with Crippen molar-refractivity contribution in [3.05, 3.63) is 0 Å². The van der Waals surface area contributed by atoms with E-state index in [4.69, 9.17) is 16.6 Å². The summed E-state index contributed by atoms with van der Waals surface area (Å²) in [5.74, 6) is -2.52. The van der Waals surface area contributed by atoms with E-state index in [0.29, 0.717) is 25.7 Å². The first kappa shape index (κ1) is 23.0. The SMILES string of the molecule is C[C@@H](O)[C@@H](C=O)[N]C(=O)[C@H](CCCCN)NC(=O)[C@H](N)CCC(=O)O. The molecule has 7 N–H and O–H groups in total. The van der Waals surface area contributed by atoms with Crippen LogP contribution in [0.4, 0.5) is 0 Å². The highest BCUT2D eigenvalue weighted by Gasteiger charge is 2.28. The van der Waals surface area contributed by atoms with E-state index in [2.05, 4.69) is 10.6 Å². The Hall–Kier alpha value is -2.04. The van der Waals surface area contributed by atoms with Gasteiger partial charge in [0.25, 0.3) is 5.91 Å². The number of nitrogens with one attached hydrogen (secondary N) is 1. The first-order valence-electron chi connectivity index (χ1n) is 8.08. The van der Waals surface area contributed by atoms with E-state index in [-0.39, 0.29) is 19.3 Å². The predicted octanol–water partition coefficient (Wildman–Crippen LogP) is -2.13. The van der Waals surface area contributed by atoms with Crippen molar-refractivity contribution >= 4 is 24.1 Å². The van der Waals surface area contributed by atoms with Gasteiger partial charge >= 0.3 is 5.97 Å². The van der Waals surface area contributed by atoms with Crippen LogP contribution in [0.1, 0.15) is 39.0 Å². The predicted molar refractivity (Wildman–Crippen MR) is 88.4 cm³/mol. The van der Waals surface area contributed by atoms with Crippen LogP contribution >= 0.6 is 0 Å². The minimum absolute atomic E-state index is 0.0767. The Morgan fingerprint density at radius 2 is 1.88 bits per heavy atom. The van der Waals surface area contributed by atoms with Crippen LogP contribution in [-0.2, 0) is 19.2 Å². The van der Waals surface area contributed by atoms with Gasteiger partial charge < -0.3 is 31.8 Å². The van der Waals surface area contributed by atoms with Gasteiger partial charge in [-0.25, -0.2) is 5.32 Å². The van der Waals surface area contributed by atoms with Crippen molar-refractivity contribution in [3.8, 4) is 0 Å². The molecule has 0 fully saturated rings. The number of carbonyl (C=O) groups excluding carboxylic acids is 3. The number of rotatable bonds is 13. The fourth-order valence-corrected chi connectivity index (χ4v) is 1.93. The largest absolute Gasteiger partial charge is 0.481 e. The summed E-state index contributed by atoms with van der Waals surface area (Å²) in [6, 6.07) is -3.32. The maximum atomic E-state index is 12.2. The van der Waals surface area contributed by atoms with E-state index >= 15 is 0 Å². The number of nitrogens with zero attached hydrogens (tertiary/aromatic N) is 1. The van der Waals surface area contributed by atoms with Crippen molar-refractivity contribution in [3.63, 3.8) is 0 Å². The number of aliphatic hydroxyl groups is 1. The molecule has 0 unspecified atom stereocenters. The van der Waals surface area contributed by atoms with Gasteiger partial charge in [0.2, 0.25) is 5.91 Å². The molecule has 10 nitrogen and oxygen atoms in total. The zero-order valence-electron chi connectivity index (χ0n) is 14.3. The Bertz CT molecular complexity index is 457. The molecule has 0 saturated heterocycles. The Labute approximate surface area is 146 Å². The minimum Gasteiger partial charge on any atom is -0.481 e. The number of nitrogens with two attached hydrogens (primary N) is 2. The first-order chi connectivity index (χ1) is 11.7. The molecule has 10 heteroatoms. The van der Waals surface area contributed by atoms with Gasteiger partial charge in [-0.15, -0.1) is 0 Å². The summed E-state index contributed by atoms with van der Waals surface area (Å²) >= 11 is 0. The second-order valence-electron chi connectivity index (χ2n) is 5.72. The quantitative estimate of drug-likeness (QED) is 0.182. The van der Waals surface area contributed by atoms with Gasteiger partial charge in [0.1, 0.15) is 18.4 Å². The van der Waals surface area contributed by atoms with Crippen LogP contribution in [-0.4, -0.2) is 65.1 Å². The van der Waals surface area contributed by atoms with Crippen molar-refractivity contribution < 1.29 is 29.4 Å². The number of aliphatic carboxylic acids is 1. The zero-order chi connectivity index (χ0) is 19.4. The Balaban J connectivity index is 4.84. The molecule has 0 bridgehead atoms. The van der Waals surface area contributed by atoms with E-state index in [1.54, 1.807) is 0 Å². The molecule has 0 saturated carbocycles. The van der Waals surface area contributed by atoms with Crippen LogP contribution in [0.15, 0.2) is 0 Å². The van der Waals surface area contributed by atoms with Crippen LogP contribution in [0.5, 0.6) is 0 Å². The smallest absolute Gasteiger partial charge is 0.303 e. The molecule has 0 spiro atoms. The number of amides is 2. The van der Waals surface area contributed by atoms with Gasteiger partial charge in [0.15, 0.2) is 0 Å². The summed E-state index contributed by atoms with van der Waals surface area (Å²) < 4.78 is 0. The van der Waals surface area contributed by atoms with Crippen molar-refractivity contribution in [1.29, 1.82) is 0 Å². The fraction of sp³-hybridized carbons (Fsp3) is 0.733. The summed E-state index contributed by atoms with van der Waals surface area (Å²) in [6.07, 6.45) is 0.250. The number of carboxylic acids is 1. The van der Waals surface area contributed by atoms with Crippen molar-refractivity contribution in [1.82, 2.24) is 10.6 Å². The molecular formula is C15H27N4O6. The number of hydrogen-bond donors (Lipinski definition) is 5. The maximum absolute atomic E-state index is 12.2. The topological polar surface area (TPSA) is 187 Å². The normalized spacial score (nSPS) is 15.5. The lowest BCUT2D eigenvalue weighted by atomic mass is 10.1. The lowest BCUT2D eigenvalue weighted by molar-refractivity contribution is -0.137. The van der Waals surface area contributed by atoms with Crippen LogP contribution < -0.4 is 22.1 Å². The number of unbranched alkanes of at least 4 members (excludes halogenated alkanes) is 1. The number of aliphatic hydroxyl groups excluding tert-OH is 1. The van der Waals surface area contributed by atoms with E-state index < -0.39 is 42.0 Å². The van der Waals surface area contributed by atoms with Crippen molar-refractivity contribution in [2.45, 2.75) is 63.3 Å². The highest BCUT2D eigenvalue weighted by atomic mass is 16.4. The zero-order valence-corrected chi connectivity index (χ0v) is 14.3. The van der Waals surface area contributed by atoms with Crippen molar-refractivity contribution in [2.75, 3.05) is 6.54 Å². The van der Waals surface area contributed by atoms with Crippen molar-refractivity contribution in [2.24, 2.45) is 11.5 Å². The minimum atomic E-state index is -1.22. The lowest BCUT2D eigenvalue weighted by Crippen LogP contribution is -2.52. The molecular weight excluding hydrogens is 332 g/mol. The maximum Gasteiger partial charge on any atom is 0.303 e. The molecule has 2 amide bonds. The Morgan fingerprint density at radius 3 is 2.36 bits per heavy atom. The summed E-state index contributed by atoms with van der Waals surface area (Å²) in [7, 11) is 0. The molecule has 0 aliphatic carbocycles. The van der Waals surface area contributed by atoms with Gasteiger partial charge in [-0.3, -0.25) is 14.4 Å². The molecule has 0 aromatic rings. The molecule has 143 valence electrons. The molecule has 4 atom stereocenters. The van der Waals surface area contributed by atoms with E-state index in [1.165, 1.54) is 6.92 Å².